The monoisotopic (exact) mass is 276 g/mol. The summed E-state index contributed by atoms with van der Waals surface area (Å²) in [5.41, 5.74) is 12.8. The summed E-state index contributed by atoms with van der Waals surface area (Å²) < 4.78 is 0. The Hall–Kier alpha value is -0.970. The number of carboxylic acids is 1. The fraction of sp³-hybridized carbons (Fsp3) is 0.909. The SMILES string of the molecule is CC(N=[N+]=[N-])(C(=O)O)C(N)CC1CCCCC1.Cl. The molecule has 7 heteroatoms. The van der Waals surface area contributed by atoms with Crippen LogP contribution in [0.1, 0.15) is 45.4 Å². The zero-order chi connectivity index (χ0) is 12.9. The van der Waals surface area contributed by atoms with Gasteiger partial charge < -0.3 is 10.8 Å². The minimum Gasteiger partial charge on any atom is -0.481 e. The van der Waals surface area contributed by atoms with Crippen LogP contribution in [-0.2, 0) is 4.79 Å². The van der Waals surface area contributed by atoms with Gasteiger partial charge in [0.05, 0.1) is 0 Å². The Bertz CT molecular complexity index is 323. The summed E-state index contributed by atoms with van der Waals surface area (Å²) >= 11 is 0. The Kier molecular flexibility index (Phi) is 7.06. The molecule has 0 aromatic heterocycles. The van der Waals surface area contributed by atoms with E-state index in [9.17, 15) is 4.79 Å². The van der Waals surface area contributed by atoms with Crippen molar-refractivity contribution in [2.45, 2.75) is 57.0 Å². The summed E-state index contributed by atoms with van der Waals surface area (Å²) in [5.74, 6) is -0.690. The third-order valence-electron chi connectivity index (χ3n) is 3.72. The van der Waals surface area contributed by atoms with Crippen molar-refractivity contribution in [3.63, 3.8) is 0 Å². The molecule has 0 spiro atoms. The molecule has 0 bridgehead atoms. The molecule has 1 aliphatic carbocycles. The highest BCUT2D eigenvalue weighted by Crippen LogP contribution is 2.30. The third-order valence-corrected chi connectivity index (χ3v) is 3.72. The normalized spacial score (nSPS) is 21.0. The summed E-state index contributed by atoms with van der Waals surface area (Å²) in [4.78, 5) is 13.8. The average Bonchev–Trinajstić information content (AvgIpc) is 2.30. The molecule has 1 rings (SSSR count). The molecule has 18 heavy (non-hydrogen) atoms. The van der Waals surface area contributed by atoms with Gasteiger partial charge in [-0.25, -0.2) is 0 Å². The molecule has 1 saturated carbocycles. The molecule has 0 aliphatic heterocycles. The van der Waals surface area contributed by atoms with Crippen LogP contribution in [0.15, 0.2) is 5.11 Å². The number of rotatable bonds is 5. The third kappa shape index (κ3) is 4.05. The maximum Gasteiger partial charge on any atom is 0.316 e. The van der Waals surface area contributed by atoms with Crippen LogP contribution >= 0.6 is 12.4 Å². The van der Waals surface area contributed by atoms with Crippen LogP contribution in [0.4, 0.5) is 0 Å². The van der Waals surface area contributed by atoms with Crippen LogP contribution in [0.2, 0.25) is 0 Å². The Balaban J connectivity index is 0.00000289. The van der Waals surface area contributed by atoms with Gasteiger partial charge in [0.15, 0.2) is 5.54 Å². The van der Waals surface area contributed by atoms with E-state index in [1.54, 1.807) is 0 Å². The molecule has 1 aliphatic rings. The van der Waals surface area contributed by atoms with Gasteiger partial charge in [0, 0.05) is 11.0 Å². The van der Waals surface area contributed by atoms with Crippen molar-refractivity contribution < 1.29 is 9.90 Å². The number of nitrogens with zero attached hydrogens (tertiary/aromatic N) is 3. The number of hydrogen-bond donors (Lipinski definition) is 2. The van der Waals surface area contributed by atoms with E-state index in [1.807, 2.05) is 0 Å². The van der Waals surface area contributed by atoms with Gasteiger partial charge in [0.1, 0.15) is 0 Å². The quantitative estimate of drug-likeness (QED) is 0.457. The first-order valence-corrected chi connectivity index (χ1v) is 6.06. The minimum absolute atomic E-state index is 0. The number of halogens is 1. The van der Waals surface area contributed by atoms with Gasteiger partial charge >= 0.3 is 5.97 Å². The van der Waals surface area contributed by atoms with Crippen LogP contribution in [0.25, 0.3) is 10.4 Å². The Morgan fingerprint density at radius 2 is 2.11 bits per heavy atom. The van der Waals surface area contributed by atoms with E-state index in [1.165, 1.54) is 26.2 Å². The van der Waals surface area contributed by atoms with Gasteiger partial charge in [-0.1, -0.05) is 37.2 Å². The second kappa shape index (κ2) is 7.46. The lowest BCUT2D eigenvalue weighted by atomic mass is 9.80. The lowest BCUT2D eigenvalue weighted by molar-refractivity contribution is -0.143. The van der Waals surface area contributed by atoms with E-state index in [0.717, 1.165) is 12.8 Å². The molecule has 0 aromatic carbocycles. The van der Waals surface area contributed by atoms with E-state index in [0.29, 0.717) is 12.3 Å². The summed E-state index contributed by atoms with van der Waals surface area (Å²) in [6.07, 6.45) is 6.42. The first-order valence-electron chi connectivity index (χ1n) is 6.06. The van der Waals surface area contributed by atoms with Crippen LogP contribution in [0, 0.1) is 5.92 Å². The number of carbonyl (C=O) groups is 1. The van der Waals surface area contributed by atoms with Gasteiger partial charge in [-0.3, -0.25) is 4.79 Å². The average molecular weight is 277 g/mol. The molecule has 2 atom stereocenters. The first kappa shape index (κ1) is 17.0. The van der Waals surface area contributed by atoms with Gasteiger partial charge in [-0.2, -0.15) is 0 Å². The summed E-state index contributed by atoms with van der Waals surface area (Å²) in [7, 11) is 0. The predicted molar refractivity (Wildman–Crippen MR) is 71.6 cm³/mol. The van der Waals surface area contributed by atoms with E-state index in [4.69, 9.17) is 16.4 Å². The van der Waals surface area contributed by atoms with Gasteiger partial charge in [0.2, 0.25) is 0 Å². The fourth-order valence-corrected chi connectivity index (χ4v) is 2.38. The second-order valence-electron chi connectivity index (χ2n) is 4.99. The van der Waals surface area contributed by atoms with Crippen LogP contribution in [0.3, 0.4) is 0 Å². The molecule has 6 nitrogen and oxygen atoms in total. The summed E-state index contributed by atoms with van der Waals surface area (Å²) in [6, 6.07) is -0.626. The molecule has 104 valence electrons. The molecule has 0 saturated heterocycles. The Labute approximate surface area is 113 Å². The molecular formula is C11H21ClN4O2. The van der Waals surface area contributed by atoms with Crippen molar-refractivity contribution in [2.75, 3.05) is 0 Å². The lowest BCUT2D eigenvalue weighted by Gasteiger charge is -2.31. The van der Waals surface area contributed by atoms with Crippen LogP contribution in [-0.4, -0.2) is 22.7 Å². The topological polar surface area (TPSA) is 112 Å². The van der Waals surface area contributed by atoms with Crippen molar-refractivity contribution >= 4 is 18.4 Å². The Morgan fingerprint density at radius 3 is 2.56 bits per heavy atom. The first-order chi connectivity index (χ1) is 8.00. The highest BCUT2D eigenvalue weighted by atomic mass is 35.5. The van der Waals surface area contributed by atoms with E-state index < -0.39 is 17.6 Å². The maximum atomic E-state index is 11.1. The highest BCUT2D eigenvalue weighted by molar-refractivity contribution is 5.85. The van der Waals surface area contributed by atoms with Gasteiger partial charge in [-0.15, -0.1) is 12.4 Å². The highest BCUT2D eigenvalue weighted by Gasteiger charge is 2.39. The molecular weight excluding hydrogens is 256 g/mol. The molecule has 1 fully saturated rings. The molecule has 0 amide bonds. The van der Waals surface area contributed by atoms with Crippen LogP contribution in [0.5, 0.6) is 0 Å². The Morgan fingerprint density at radius 1 is 1.56 bits per heavy atom. The number of carboxylic acid groups (broad SMARTS) is 1. The standard InChI is InChI=1S/C11H20N4O2.ClH/c1-11(10(16)17,14-15-13)9(12)7-8-5-3-2-4-6-8;/h8-9H,2-7,12H2,1H3,(H,16,17);1H. The zero-order valence-corrected chi connectivity index (χ0v) is 11.4. The zero-order valence-electron chi connectivity index (χ0n) is 10.6. The van der Waals surface area contributed by atoms with E-state index in [2.05, 4.69) is 10.0 Å². The molecule has 2 unspecified atom stereocenters. The number of nitrogens with two attached hydrogens (primary N) is 1. The summed E-state index contributed by atoms with van der Waals surface area (Å²) in [6.45, 7) is 1.39. The largest absolute Gasteiger partial charge is 0.481 e. The van der Waals surface area contributed by atoms with Crippen molar-refractivity contribution in [1.29, 1.82) is 0 Å². The smallest absolute Gasteiger partial charge is 0.316 e. The van der Waals surface area contributed by atoms with Crippen LogP contribution < -0.4 is 5.73 Å². The van der Waals surface area contributed by atoms with Crippen molar-refractivity contribution in [2.24, 2.45) is 16.8 Å². The minimum atomic E-state index is -1.54. The van der Waals surface area contributed by atoms with Crippen molar-refractivity contribution in [1.82, 2.24) is 0 Å². The van der Waals surface area contributed by atoms with E-state index >= 15 is 0 Å². The van der Waals surface area contributed by atoms with Gasteiger partial charge in [-0.05, 0) is 24.8 Å². The van der Waals surface area contributed by atoms with Crippen molar-refractivity contribution in [3.8, 4) is 0 Å². The number of azide groups is 1. The fourth-order valence-electron chi connectivity index (χ4n) is 2.38. The molecule has 0 heterocycles. The summed E-state index contributed by atoms with van der Waals surface area (Å²) in [5, 5.41) is 12.5. The predicted octanol–water partition coefficient (Wildman–Crippen LogP) is 2.86. The lowest BCUT2D eigenvalue weighted by Crippen LogP contribution is -2.50. The number of aliphatic carboxylic acids is 1. The molecule has 0 aromatic rings. The van der Waals surface area contributed by atoms with Crippen molar-refractivity contribution in [3.05, 3.63) is 10.4 Å². The molecule has 3 N–H and O–H groups in total. The van der Waals surface area contributed by atoms with E-state index in [-0.39, 0.29) is 12.4 Å². The maximum absolute atomic E-state index is 11.1. The van der Waals surface area contributed by atoms with Gasteiger partial charge in [0.25, 0.3) is 0 Å². The number of hydrogen-bond acceptors (Lipinski definition) is 3. The second-order valence-corrected chi connectivity index (χ2v) is 4.99. The molecule has 0 radical (unpaired) electrons.